The zero-order chi connectivity index (χ0) is 15.6. The number of hydrogen-bond donors (Lipinski definition) is 3. The molecule has 1 unspecified atom stereocenters. The highest BCUT2D eigenvalue weighted by Crippen LogP contribution is 2.19. The van der Waals surface area contributed by atoms with Crippen molar-refractivity contribution in [1.82, 2.24) is 19.8 Å². The van der Waals surface area contributed by atoms with Crippen LogP contribution in [0.4, 0.5) is 0 Å². The van der Waals surface area contributed by atoms with Gasteiger partial charge in [0.25, 0.3) is 0 Å². The van der Waals surface area contributed by atoms with E-state index in [1.54, 1.807) is 0 Å². The maximum atomic E-state index is 12.3. The Balaban J connectivity index is 2.09. The first-order chi connectivity index (χ1) is 9.85. The second kappa shape index (κ2) is 6.12. The van der Waals surface area contributed by atoms with Crippen molar-refractivity contribution < 1.29 is 18.3 Å². The van der Waals surface area contributed by atoms with Crippen LogP contribution in [-0.4, -0.2) is 60.8 Å². The summed E-state index contributed by atoms with van der Waals surface area (Å²) >= 11 is 0. The summed E-state index contributed by atoms with van der Waals surface area (Å²) in [6.45, 7) is 6.64. The minimum Gasteiger partial charge on any atom is -0.476 e. The van der Waals surface area contributed by atoms with Gasteiger partial charge < -0.3 is 10.0 Å². The average molecular weight is 316 g/mol. The van der Waals surface area contributed by atoms with Crippen LogP contribution in [0.3, 0.4) is 0 Å². The van der Waals surface area contributed by atoms with Gasteiger partial charge in [0.05, 0.1) is 5.69 Å². The summed E-state index contributed by atoms with van der Waals surface area (Å²) in [6.07, 6.45) is 0.937. The van der Waals surface area contributed by atoms with Crippen LogP contribution in [-0.2, 0) is 10.0 Å². The Bertz CT molecular complexity index is 625. The van der Waals surface area contributed by atoms with E-state index in [-0.39, 0.29) is 16.5 Å². The van der Waals surface area contributed by atoms with Gasteiger partial charge in [-0.05, 0) is 32.4 Å². The molecule has 8 nitrogen and oxygen atoms in total. The second-order valence-electron chi connectivity index (χ2n) is 5.23. The van der Waals surface area contributed by atoms with Crippen molar-refractivity contribution in [1.29, 1.82) is 0 Å². The van der Waals surface area contributed by atoms with Gasteiger partial charge in [0.1, 0.15) is 4.90 Å². The summed E-state index contributed by atoms with van der Waals surface area (Å²) in [7, 11) is -3.88. The van der Waals surface area contributed by atoms with Crippen LogP contribution in [0, 0.1) is 12.8 Å². The first-order valence-corrected chi connectivity index (χ1v) is 8.33. The number of H-pyrrole nitrogens is 1. The number of carbonyl (C=O) groups is 1. The van der Waals surface area contributed by atoms with Crippen LogP contribution in [0.15, 0.2) is 4.90 Å². The standard InChI is InChI=1S/C12H20N4O4S/c1-3-16-5-4-9(7-16)6-13-21(19,20)11-8(2)14-15-10(11)12(17)18/h9,13H,3-7H2,1-2H3,(H,14,15)(H,17,18). The summed E-state index contributed by atoms with van der Waals surface area (Å²) < 4.78 is 27.1. The van der Waals surface area contributed by atoms with E-state index in [2.05, 4.69) is 26.7 Å². The van der Waals surface area contributed by atoms with Gasteiger partial charge in [-0.15, -0.1) is 0 Å². The monoisotopic (exact) mass is 316 g/mol. The van der Waals surface area contributed by atoms with Gasteiger partial charge in [0.2, 0.25) is 10.0 Å². The van der Waals surface area contributed by atoms with Crippen LogP contribution in [0.2, 0.25) is 0 Å². The normalized spacial score (nSPS) is 20.0. The van der Waals surface area contributed by atoms with Crippen LogP contribution in [0.25, 0.3) is 0 Å². The predicted octanol–water partition coefficient (Wildman–Crippen LogP) is 0.0364. The Morgan fingerprint density at radius 2 is 2.29 bits per heavy atom. The molecule has 0 saturated carbocycles. The van der Waals surface area contributed by atoms with E-state index < -0.39 is 21.7 Å². The van der Waals surface area contributed by atoms with Crippen molar-refractivity contribution in [3.05, 3.63) is 11.4 Å². The SMILES string of the molecule is CCN1CCC(CNS(=O)(=O)c2c(C(=O)O)n[nH]c2C)C1. The number of sulfonamides is 1. The molecule has 0 bridgehead atoms. The average Bonchev–Trinajstić information content (AvgIpc) is 3.02. The molecule has 9 heteroatoms. The zero-order valence-electron chi connectivity index (χ0n) is 12.1. The molecule has 1 atom stereocenters. The third kappa shape index (κ3) is 3.42. The molecule has 2 heterocycles. The quantitative estimate of drug-likeness (QED) is 0.682. The van der Waals surface area contributed by atoms with Crippen LogP contribution < -0.4 is 4.72 Å². The van der Waals surface area contributed by atoms with Gasteiger partial charge in [-0.1, -0.05) is 6.92 Å². The maximum Gasteiger partial charge on any atom is 0.357 e. The van der Waals surface area contributed by atoms with Crippen LogP contribution in [0.1, 0.15) is 29.5 Å². The number of carboxylic acids is 1. The van der Waals surface area contributed by atoms with Crippen LogP contribution >= 0.6 is 0 Å². The first-order valence-electron chi connectivity index (χ1n) is 6.85. The number of nitrogens with one attached hydrogen (secondary N) is 2. The summed E-state index contributed by atoms with van der Waals surface area (Å²) in [5.74, 6) is -1.11. The Morgan fingerprint density at radius 1 is 1.57 bits per heavy atom. The van der Waals surface area contributed by atoms with Crippen molar-refractivity contribution in [2.24, 2.45) is 5.92 Å². The number of rotatable bonds is 6. The number of aryl methyl sites for hydroxylation is 1. The smallest absolute Gasteiger partial charge is 0.357 e. The third-order valence-electron chi connectivity index (χ3n) is 3.74. The molecule has 1 saturated heterocycles. The minimum atomic E-state index is -3.88. The molecule has 2 rings (SSSR count). The molecule has 0 aromatic carbocycles. The van der Waals surface area contributed by atoms with Crippen LogP contribution in [0.5, 0.6) is 0 Å². The maximum absolute atomic E-state index is 12.3. The molecule has 21 heavy (non-hydrogen) atoms. The number of nitrogens with zero attached hydrogens (tertiary/aromatic N) is 2. The highest BCUT2D eigenvalue weighted by molar-refractivity contribution is 7.89. The highest BCUT2D eigenvalue weighted by Gasteiger charge is 2.29. The fourth-order valence-electron chi connectivity index (χ4n) is 2.56. The molecule has 1 aromatic heterocycles. The summed E-state index contributed by atoms with van der Waals surface area (Å²) in [4.78, 5) is 13.0. The molecule has 1 aliphatic rings. The molecular formula is C12H20N4O4S. The largest absolute Gasteiger partial charge is 0.476 e. The topological polar surface area (TPSA) is 115 Å². The lowest BCUT2D eigenvalue weighted by atomic mass is 10.1. The Morgan fingerprint density at radius 3 is 2.86 bits per heavy atom. The summed E-state index contributed by atoms with van der Waals surface area (Å²) in [6, 6.07) is 0. The van der Waals surface area contributed by atoms with Crippen molar-refractivity contribution in [2.45, 2.75) is 25.2 Å². The number of hydrogen-bond acceptors (Lipinski definition) is 5. The van der Waals surface area contributed by atoms with E-state index in [0.717, 1.165) is 26.1 Å². The predicted molar refractivity (Wildman–Crippen MR) is 75.7 cm³/mol. The number of aromatic nitrogens is 2. The number of aromatic carboxylic acids is 1. The molecule has 0 aliphatic carbocycles. The van der Waals surface area contributed by atoms with Gasteiger partial charge >= 0.3 is 5.97 Å². The Kier molecular flexibility index (Phi) is 4.64. The zero-order valence-corrected chi connectivity index (χ0v) is 12.9. The summed E-state index contributed by atoms with van der Waals surface area (Å²) in [5, 5.41) is 15.0. The fraction of sp³-hybridized carbons (Fsp3) is 0.667. The number of likely N-dealkylation sites (tertiary alicyclic amines) is 1. The van der Waals surface area contributed by atoms with E-state index >= 15 is 0 Å². The lowest BCUT2D eigenvalue weighted by molar-refractivity contribution is 0.0686. The van der Waals surface area contributed by atoms with Gasteiger partial charge in [-0.3, -0.25) is 5.10 Å². The van der Waals surface area contributed by atoms with Crippen molar-refractivity contribution in [3.63, 3.8) is 0 Å². The van der Waals surface area contributed by atoms with E-state index in [0.29, 0.717) is 6.54 Å². The van der Waals surface area contributed by atoms with Gasteiger partial charge in [0, 0.05) is 13.1 Å². The molecule has 1 fully saturated rings. The molecule has 118 valence electrons. The highest BCUT2D eigenvalue weighted by atomic mass is 32.2. The van der Waals surface area contributed by atoms with E-state index in [1.165, 1.54) is 6.92 Å². The lowest BCUT2D eigenvalue weighted by Gasteiger charge is -2.14. The first kappa shape index (κ1) is 15.9. The molecular weight excluding hydrogens is 296 g/mol. The third-order valence-corrected chi connectivity index (χ3v) is 5.33. The van der Waals surface area contributed by atoms with Gasteiger partial charge in [-0.25, -0.2) is 17.9 Å². The van der Waals surface area contributed by atoms with E-state index in [9.17, 15) is 13.2 Å². The molecule has 3 N–H and O–H groups in total. The van der Waals surface area contributed by atoms with Crippen molar-refractivity contribution >= 4 is 16.0 Å². The molecule has 0 amide bonds. The molecule has 1 aromatic rings. The van der Waals surface area contributed by atoms with Crippen molar-refractivity contribution in [3.8, 4) is 0 Å². The van der Waals surface area contributed by atoms with E-state index in [4.69, 9.17) is 5.11 Å². The van der Waals surface area contributed by atoms with Gasteiger partial charge in [0.15, 0.2) is 5.69 Å². The van der Waals surface area contributed by atoms with Crippen molar-refractivity contribution in [2.75, 3.05) is 26.2 Å². The second-order valence-corrected chi connectivity index (χ2v) is 6.94. The lowest BCUT2D eigenvalue weighted by Crippen LogP contribution is -2.32. The Labute approximate surface area is 123 Å². The molecule has 0 spiro atoms. The van der Waals surface area contributed by atoms with E-state index in [1.807, 2.05) is 0 Å². The minimum absolute atomic E-state index is 0.224. The summed E-state index contributed by atoms with van der Waals surface area (Å²) in [5.41, 5.74) is -0.247. The van der Waals surface area contributed by atoms with Gasteiger partial charge in [-0.2, -0.15) is 5.10 Å². The molecule has 0 radical (unpaired) electrons. The molecule has 1 aliphatic heterocycles. The number of carboxylic acid groups (broad SMARTS) is 1. The Hall–Kier alpha value is -1.45. The number of aromatic amines is 1. The fourth-order valence-corrected chi connectivity index (χ4v) is 3.99.